The molecule has 0 spiro atoms. The van der Waals surface area contributed by atoms with Crippen molar-refractivity contribution in [2.24, 2.45) is 10.7 Å². The Balaban J connectivity index is 4.75. The highest BCUT2D eigenvalue weighted by Crippen LogP contribution is 2.17. The number of hydrogen-bond donors (Lipinski definition) is 1. The van der Waals surface area contributed by atoms with Crippen molar-refractivity contribution in [1.82, 2.24) is 0 Å². The topological polar surface area (TPSA) is 47.6 Å². The lowest BCUT2D eigenvalue weighted by Crippen LogP contribution is -2.43. The van der Waals surface area contributed by atoms with Crippen molar-refractivity contribution in [3.63, 3.8) is 0 Å². The van der Waals surface area contributed by atoms with Gasteiger partial charge in [-0.05, 0) is 34.1 Å². The van der Waals surface area contributed by atoms with E-state index in [2.05, 4.69) is 4.99 Å². The molecule has 2 N–H and O–H groups in total. The molecule has 0 aliphatic carbocycles. The van der Waals surface area contributed by atoms with Gasteiger partial charge in [-0.3, -0.25) is 4.99 Å². The van der Waals surface area contributed by atoms with Crippen LogP contribution < -0.4 is 5.73 Å². The number of aliphatic imine (C=N–C) groups is 1. The molecule has 0 bridgehead atoms. The van der Waals surface area contributed by atoms with Crippen molar-refractivity contribution in [2.45, 2.75) is 52.2 Å². The molecule has 13 heavy (non-hydrogen) atoms. The van der Waals surface area contributed by atoms with Crippen LogP contribution in [0.5, 0.6) is 0 Å². The monoisotopic (exact) mass is 186 g/mol. The summed E-state index contributed by atoms with van der Waals surface area (Å²) in [6.45, 7) is 10.1. The van der Waals surface area contributed by atoms with Crippen LogP contribution in [0.15, 0.2) is 4.99 Å². The fraction of sp³-hybridized carbons (Fsp3) is 0.900. The first-order valence-electron chi connectivity index (χ1n) is 4.66. The van der Waals surface area contributed by atoms with Crippen LogP contribution in [0, 0.1) is 0 Å². The van der Waals surface area contributed by atoms with E-state index in [0.717, 1.165) is 6.42 Å². The summed E-state index contributed by atoms with van der Waals surface area (Å²) in [5.41, 5.74) is 5.32. The molecule has 0 saturated carbocycles. The van der Waals surface area contributed by atoms with E-state index in [9.17, 15) is 0 Å². The maximum absolute atomic E-state index is 5.88. The predicted molar refractivity (Wildman–Crippen MR) is 57.1 cm³/mol. The number of ether oxygens (including phenoxy) is 1. The largest absolute Gasteiger partial charge is 0.385 e. The Bertz CT molecular complexity index is 188. The Hall–Kier alpha value is -0.570. The third kappa shape index (κ3) is 3.77. The van der Waals surface area contributed by atoms with Crippen LogP contribution in [-0.2, 0) is 4.74 Å². The summed E-state index contributed by atoms with van der Waals surface area (Å²) >= 11 is 0. The van der Waals surface area contributed by atoms with E-state index in [1.165, 1.54) is 0 Å². The van der Waals surface area contributed by atoms with Crippen molar-refractivity contribution in [2.75, 3.05) is 7.11 Å². The number of hydrogen-bond acceptors (Lipinski definition) is 2. The summed E-state index contributed by atoms with van der Waals surface area (Å²) in [6, 6.07) is 0. The highest BCUT2D eigenvalue weighted by Gasteiger charge is 2.27. The molecule has 1 atom stereocenters. The normalized spacial score (nSPS) is 18.5. The Morgan fingerprint density at radius 3 is 2.00 bits per heavy atom. The number of amidine groups is 1. The summed E-state index contributed by atoms with van der Waals surface area (Å²) in [6.07, 6.45) is 0.828. The van der Waals surface area contributed by atoms with Gasteiger partial charge in [0.1, 0.15) is 11.4 Å². The molecule has 78 valence electrons. The van der Waals surface area contributed by atoms with E-state index in [0.29, 0.717) is 5.84 Å². The lowest BCUT2D eigenvalue weighted by atomic mass is 10.0. The van der Waals surface area contributed by atoms with E-state index in [-0.39, 0.29) is 5.54 Å². The molecule has 0 aromatic rings. The second-order valence-corrected chi connectivity index (χ2v) is 4.46. The Labute approximate surface area is 81.4 Å². The maximum Gasteiger partial charge on any atom is 0.127 e. The van der Waals surface area contributed by atoms with Crippen molar-refractivity contribution in [1.29, 1.82) is 0 Å². The second-order valence-electron chi connectivity index (χ2n) is 4.46. The van der Waals surface area contributed by atoms with Crippen LogP contribution in [0.1, 0.15) is 41.0 Å². The van der Waals surface area contributed by atoms with Gasteiger partial charge < -0.3 is 10.5 Å². The van der Waals surface area contributed by atoms with Gasteiger partial charge in [-0.1, -0.05) is 6.92 Å². The summed E-state index contributed by atoms with van der Waals surface area (Å²) in [5.74, 6) is 0.574. The predicted octanol–water partition coefficient (Wildman–Crippen LogP) is 1.96. The van der Waals surface area contributed by atoms with E-state index in [1.807, 2.05) is 34.6 Å². The SMILES string of the molecule is CCC(C)(OC)C(N)=NC(C)(C)C. The van der Waals surface area contributed by atoms with E-state index >= 15 is 0 Å². The van der Waals surface area contributed by atoms with E-state index in [4.69, 9.17) is 10.5 Å². The molecule has 3 nitrogen and oxygen atoms in total. The zero-order valence-electron chi connectivity index (χ0n) is 9.64. The molecule has 0 aliphatic rings. The smallest absolute Gasteiger partial charge is 0.127 e. The zero-order chi connectivity index (χ0) is 10.7. The zero-order valence-corrected chi connectivity index (χ0v) is 9.64. The third-order valence-electron chi connectivity index (χ3n) is 2.12. The van der Waals surface area contributed by atoms with Crippen LogP contribution in [-0.4, -0.2) is 24.1 Å². The molecule has 3 heteroatoms. The fourth-order valence-corrected chi connectivity index (χ4v) is 0.910. The minimum absolute atomic E-state index is 0.140. The number of rotatable bonds is 3. The Morgan fingerprint density at radius 1 is 1.31 bits per heavy atom. The van der Waals surface area contributed by atoms with Crippen LogP contribution in [0.4, 0.5) is 0 Å². The quantitative estimate of drug-likeness (QED) is 0.541. The highest BCUT2D eigenvalue weighted by molar-refractivity contribution is 5.88. The van der Waals surface area contributed by atoms with Crippen molar-refractivity contribution < 1.29 is 4.74 Å². The first-order chi connectivity index (χ1) is 5.75. The summed E-state index contributed by atoms with van der Waals surface area (Å²) in [5, 5.41) is 0. The maximum atomic E-state index is 5.88. The molecule has 0 heterocycles. The van der Waals surface area contributed by atoms with Gasteiger partial charge in [0.25, 0.3) is 0 Å². The average Bonchev–Trinajstić information content (AvgIpc) is 2.00. The van der Waals surface area contributed by atoms with Crippen molar-refractivity contribution in [3.8, 4) is 0 Å². The standard InChI is InChI=1S/C10H22N2O/c1-7-10(5,13-6)8(11)12-9(2,3)4/h7H2,1-6H3,(H2,11,12). The van der Waals surface area contributed by atoms with Crippen molar-refractivity contribution in [3.05, 3.63) is 0 Å². The molecule has 0 aromatic heterocycles. The van der Waals surface area contributed by atoms with Gasteiger partial charge in [0, 0.05) is 7.11 Å². The summed E-state index contributed by atoms with van der Waals surface area (Å²) in [4.78, 5) is 4.39. The van der Waals surface area contributed by atoms with Gasteiger partial charge in [0.15, 0.2) is 0 Å². The number of methoxy groups -OCH3 is 1. The van der Waals surface area contributed by atoms with Crippen molar-refractivity contribution >= 4 is 5.84 Å². The highest BCUT2D eigenvalue weighted by atomic mass is 16.5. The van der Waals surface area contributed by atoms with Gasteiger partial charge in [-0.2, -0.15) is 0 Å². The third-order valence-corrected chi connectivity index (χ3v) is 2.12. The minimum atomic E-state index is -0.423. The van der Waals surface area contributed by atoms with Gasteiger partial charge in [-0.15, -0.1) is 0 Å². The molecule has 0 fully saturated rings. The van der Waals surface area contributed by atoms with E-state index < -0.39 is 5.60 Å². The summed E-state index contributed by atoms with van der Waals surface area (Å²) in [7, 11) is 1.66. The van der Waals surface area contributed by atoms with Gasteiger partial charge >= 0.3 is 0 Å². The molecule has 0 aliphatic heterocycles. The molecule has 0 rings (SSSR count). The molecule has 1 unspecified atom stereocenters. The molecule has 0 amide bonds. The second kappa shape index (κ2) is 4.09. The van der Waals surface area contributed by atoms with Crippen LogP contribution in [0.2, 0.25) is 0 Å². The molecule has 0 saturated heterocycles. The van der Waals surface area contributed by atoms with Gasteiger partial charge in [-0.25, -0.2) is 0 Å². The molecule has 0 aromatic carbocycles. The van der Waals surface area contributed by atoms with Gasteiger partial charge in [0.05, 0.1) is 5.54 Å². The van der Waals surface area contributed by atoms with Gasteiger partial charge in [0.2, 0.25) is 0 Å². The number of nitrogens with two attached hydrogens (primary N) is 1. The number of nitrogens with zero attached hydrogens (tertiary/aromatic N) is 1. The Morgan fingerprint density at radius 2 is 1.77 bits per heavy atom. The van der Waals surface area contributed by atoms with Crippen LogP contribution in [0.25, 0.3) is 0 Å². The molecular formula is C10H22N2O. The first-order valence-corrected chi connectivity index (χ1v) is 4.66. The van der Waals surface area contributed by atoms with Crippen LogP contribution in [0.3, 0.4) is 0 Å². The molecular weight excluding hydrogens is 164 g/mol. The summed E-state index contributed by atoms with van der Waals surface area (Å²) < 4.78 is 5.34. The van der Waals surface area contributed by atoms with Crippen LogP contribution >= 0.6 is 0 Å². The Kier molecular flexibility index (Phi) is 3.91. The molecule has 0 radical (unpaired) electrons. The lowest BCUT2D eigenvalue weighted by molar-refractivity contribution is 0.0613. The average molecular weight is 186 g/mol. The first kappa shape index (κ1) is 12.4. The minimum Gasteiger partial charge on any atom is -0.385 e. The fourth-order valence-electron chi connectivity index (χ4n) is 0.910. The lowest BCUT2D eigenvalue weighted by Gasteiger charge is -2.28. The van der Waals surface area contributed by atoms with E-state index in [1.54, 1.807) is 7.11 Å².